The summed E-state index contributed by atoms with van der Waals surface area (Å²) in [6, 6.07) is 21.2. The highest BCUT2D eigenvalue weighted by Gasteiger charge is 2.39. The molecule has 0 saturated heterocycles. The molecular weight excluding hydrogens is 797 g/mol. The average Bonchev–Trinajstić information content (AvgIpc) is 3.73. The van der Waals surface area contributed by atoms with Gasteiger partial charge < -0.3 is 28.7 Å². The molecule has 10 heteroatoms. The van der Waals surface area contributed by atoms with Crippen LogP contribution >= 0.6 is 0 Å². The number of hydrogen-bond acceptors (Lipinski definition) is 10. The van der Waals surface area contributed by atoms with E-state index in [0.29, 0.717) is 33.8 Å². The highest BCUT2D eigenvalue weighted by molar-refractivity contribution is 5.69. The molecule has 4 rings (SSSR count). The van der Waals surface area contributed by atoms with Crippen LogP contribution in [0.25, 0.3) is 12.2 Å². The van der Waals surface area contributed by atoms with Crippen LogP contribution < -0.4 is 19.3 Å². The normalized spacial score (nSPS) is 16.5. The molecule has 0 aliphatic carbocycles. The van der Waals surface area contributed by atoms with E-state index >= 15 is 0 Å². The number of nitrogens with zero attached hydrogens (tertiary/aromatic N) is 6. The molecule has 64 heavy (non-hydrogen) atoms. The summed E-state index contributed by atoms with van der Waals surface area (Å²) in [5.41, 5.74) is 5.92. The molecule has 0 radical (unpaired) electrons. The Labute approximate surface area is 384 Å². The maximum atomic E-state index is 9.73. The first-order valence-electron chi connectivity index (χ1n) is 22.8. The van der Waals surface area contributed by atoms with Crippen LogP contribution in [-0.2, 0) is 9.47 Å². The largest absolute Gasteiger partial charge is 0.496 e. The Hall–Kier alpha value is -6.36. The zero-order chi connectivity index (χ0) is 47.5. The minimum absolute atomic E-state index is 0.365. The van der Waals surface area contributed by atoms with Gasteiger partial charge in [-0.1, -0.05) is 77.7 Å². The summed E-state index contributed by atoms with van der Waals surface area (Å²) in [5, 5.41) is 38.0. The van der Waals surface area contributed by atoms with Gasteiger partial charge in [-0.05, 0) is 91.5 Å². The van der Waals surface area contributed by atoms with Crippen molar-refractivity contribution in [3.05, 3.63) is 105 Å². The van der Waals surface area contributed by atoms with Crippen molar-refractivity contribution in [1.29, 1.82) is 21.0 Å². The molecule has 2 aliphatic heterocycles. The summed E-state index contributed by atoms with van der Waals surface area (Å²) in [4.78, 5) is 4.85. The van der Waals surface area contributed by atoms with Crippen LogP contribution in [0.1, 0.15) is 132 Å². The number of unbranched alkanes of at least 4 members (excludes halogenated alkanes) is 4. The van der Waals surface area contributed by atoms with Gasteiger partial charge in [-0.3, -0.25) is 0 Å². The molecular formula is C54H70N6O4. The third-order valence-electron chi connectivity index (χ3n) is 11.4. The maximum absolute atomic E-state index is 9.73. The third kappa shape index (κ3) is 13.3. The lowest BCUT2D eigenvalue weighted by Gasteiger charge is -2.25. The Balaban J connectivity index is 0.000000340. The van der Waals surface area contributed by atoms with E-state index in [1.165, 1.54) is 0 Å². The molecule has 0 bridgehead atoms. The van der Waals surface area contributed by atoms with Crippen molar-refractivity contribution in [3.8, 4) is 35.8 Å². The van der Waals surface area contributed by atoms with E-state index in [0.717, 1.165) is 123 Å². The fourth-order valence-corrected chi connectivity index (χ4v) is 7.54. The van der Waals surface area contributed by atoms with Gasteiger partial charge in [-0.25, -0.2) is 0 Å². The second kappa shape index (κ2) is 25.1. The first kappa shape index (κ1) is 52.0. The van der Waals surface area contributed by atoms with E-state index < -0.39 is 11.2 Å². The second-order valence-corrected chi connectivity index (χ2v) is 17.1. The van der Waals surface area contributed by atoms with Crippen molar-refractivity contribution in [3.63, 3.8) is 0 Å². The van der Waals surface area contributed by atoms with Crippen LogP contribution in [0.2, 0.25) is 0 Å². The first-order valence-corrected chi connectivity index (χ1v) is 22.8. The Morgan fingerprint density at radius 3 is 1.16 bits per heavy atom. The summed E-state index contributed by atoms with van der Waals surface area (Å²) >= 11 is 0. The van der Waals surface area contributed by atoms with Crippen LogP contribution in [0, 0.1) is 45.3 Å². The highest BCUT2D eigenvalue weighted by Crippen LogP contribution is 2.42. The summed E-state index contributed by atoms with van der Waals surface area (Å²) < 4.78 is 23.3. The van der Waals surface area contributed by atoms with Gasteiger partial charge in [0.15, 0.2) is 11.5 Å². The number of methoxy groups -OCH3 is 2. The summed E-state index contributed by atoms with van der Waals surface area (Å²) in [7, 11) is 3.36. The monoisotopic (exact) mass is 867 g/mol. The van der Waals surface area contributed by atoms with Crippen LogP contribution in [0.3, 0.4) is 0 Å². The number of anilines is 2. The molecule has 340 valence electrons. The third-order valence-corrected chi connectivity index (χ3v) is 11.4. The lowest BCUT2D eigenvalue weighted by molar-refractivity contribution is 0.0945. The van der Waals surface area contributed by atoms with E-state index in [4.69, 9.17) is 18.9 Å². The molecule has 0 unspecified atom stereocenters. The minimum atomic E-state index is -0.695. The Kier molecular flexibility index (Phi) is 20.4. The Morgan fingerprint density at radius 1 is 0.562 bits per heavy atom. The van der Waals surface area contributed by atoms with Crippen molar-refractivity contribution in [2.45, 2.75) is 132 Å². The number of benzene rings is 2. The van der Waals surface area contributed by atoms with Crippen LogP contribution in [0.5, 0.6) is 11.5 Å². The molecule has 0 atom stereocenters. The lowest BCUT2D eigenvalue weighted by Crippen LogP contribution is -2.25. The zero-order valence-corrected chi connectivity index (χ0v) is 40.6. The van der Waals surface area contributed by atoms with E-state index in [1.807, 2.05) is 52.0 Å². The van der Waals surface area contributed by atoms with Crippen LogP contribution in [0.4, 0.5) is 11.4 Å². The van der Waals surface area contributed by atoms with Crippen LogP contribution in [-0.4, -0.2) is 51.6 Å². The molecule has 10 nitrogen and oxygen atoms in total. The molecule has 2 aliphatic rings. The van der Waals surface area contributed by atoms with Gasteiger partial charge in [0, 0.05) is 72.0 Å². The molecule has 2 heterocycles. The number of hydrogen-bond donors (Lipinski definition) is 0. The van der Waals surface area contributed by atoms with E-state index in [2.05, 4.69) is 98.2 Å². The predicted octanol–water partition coefficient (Wildman–Crippen LogP) is 13.1. The van der Waals surface area contributed by atoms with Gasteiger partial charge in [-0.15, -0.1) is 0 Å². The predicted molar refractivity (Wildman–Crippen MR) is 260 cm³/mol. The average molecular weight is 867 g/mol. The van der Waals surface area contributed by atoms with Gasteiger partial charge in [0.05, 0.1) is 37.5 Å². The van der Waals surface area contributed by atoms with Gasteiger partial charge in [-0.2, -0.15) is 21.0 Å². The standard InChI is InChI=1S/2C27H35N3O2/c2*1-7-9-15-30(16-10-8-2)22-13-11-21(25(17-22)31-6)12-14-24-23(19-29)26(20(3)18-28)32-27(24,4)5/h2*11-14,17H,7-10,15-16H2,1-6H3/b2*14-12+,26-20+. The topological polar surface area (TPSA) is 139 Å². The Bertz CT molecular complexity index is 2120. The van der Waals surface area contributed by atoms with Crippen molar-refractivity contribution in [2.24, 2.45) is 0 Å². The first-order chi connectivity index (χ1) is 30.6. The fourth-order valence-electron chi connectivity index (χ4n) is 7.54. The molecule has 0 spiro atoms. The van der Waals surface area contributed by atoms with Crippen LogP contribution in [0.15, 0.2) is 93.5 Å². The molecule has 2 aromatic carbocycles. The van der Waals surface area contributed by atoms with E-state index in [9.17, 15) is 21.0 Å². The van der Waals surface area contributed by atoms with Crippen molar-refractivity contribution >= 4 is 23.5 Å². The molecule has 0 amide bonds. The number of ether oxygens (including phenoxy) is 4. The molecule has 0 fully saturated rings. The minimum Gasteiger partial charge on any atom is -0.496 e. The van der Waals surface area contributed by atoms with E-state index in [-0.39, 0.29) is 0 Å². The Morgan fingerprint density at radius 2 is 0.891 bits per heavy atom. The summed E-state index contributed by atoms with van der Waals surface area (Å²) in [5.74, 6) is 2.31. The fraction of sp³-hybridized carbons (Fsp3) is 0.481. The zero-order valence-electron chi connectivity index (χ0n) is 40.6. The highest BCUT2D eigenvalue weighted by atomic mass is 16.5. The number of nitriles is 4. The summed E-state index contributed by atoms with van der Waals surface area (Å²) in [6.07, 6.45) is 17.0. The molecule has 0 aromatic heterocycles. The maximum Gasteiger partial charge on any atom is 0.152 e. The van der Waals surface area contributed by atoms with Gasteiger partial charge in [0.2, 0.25) is 0 Å². The van der Waals surface area contributed by atoms with Crippen molar-refractivity contribution < 1.29 is 18.9 Å². The van der Waals surface area contributed by atoms with Gasteiger partial charge >= 0.3 is 0 Å². The van der Waals surface area contributed by atoms with E-state index in [1.54, 1.807) is 28.1 Å². The quantitative estimate of drug-likeness (QED) is 0.118. The van der Waals surface area contributed by atoms with Crippen molar-refractivity contribution in [2.75, 3.05) is 50.2 Å². The second-order valence-electron chi connectivity index (χ2n) is 17.1. The van der Waals surface area contributed by atoms with Crippen molar-refractivity contribution in [1.82, 2.24) is 0 Å². The van der Waals surface area contributed by atoms with Gasteiger partial charge in [0.25, 0.3) is 0 Å². The molecule has 0 N–H and O–H groups in total. The lowest BCUT2D eigenvalue weighted by atomic mass is 9.94. The SMILES string of the molecule is CCCCN(CCCC)c1ccc(/C=C/C2=C(C#N)C(=C(/C)C#N)/OC2(C)C)c(OC)c1.CCCCN(CCCC)c1ccc(/C=C/C2=C(C#N)C(=C(/C)C#N)/OC2(C)C)c(OC)c1. The smallest absolute Gasteiger partial charge is 0.152 e. The molecule has 2 aromatic rings. The van der Waals surface area contributed by atoms with Gasteiger partial charge in [0.1, 0.15) is 46.0 Å². The number of allylic oxidation sites excluding steroid dienone is 4. The number of rotatable bonds is 20. The molecule has 0 saturated carbocycles. The summed E-state index contributed by atoms with van der Waals surface area (Å²) in [6.45, 7) is 23.9.